The summed E-state index contributed by atoms with van der Waals surface area (Å²) in [4.78, 5) is 0. The largest absolute Gasteiger partial charge is 0.212 e. The average Bonchev–Trinajstić information content (AvgIpc) is 3.13. The highest BCUT2D eigenvalue weighted by Gasteiger charge is 2.14. The molecule has 0 saturated heterocycles. The van der Waals surface area contributed by atoms with E-state index >= 15 is 0 Å². The molecule has 0 aliphatic carbocycles. The molecule has 0 amide bonds. The van der Waals surface area contributed by atoms with Crippen molar-refractivity contribution >= 4 is 40.3 Å². The fourth-order valence-corrected chi connectivity index (χ4v) is 4.42. The maximum Gasteiger partial charge on any atom is 0.212 e. The molecule has 0 saturated carbocycles. The van der Waals surface area contributed by atoms with Gasteiger partial charge in [-0.3, -0.25) is 0 Å². The van der Waals surface area contributed by atoms with E-state index in [-0.39, 0.29) is 5.82 Å². The molecule has 0 spiro atoms. The van der Waals surface area contributed by atoms with Crippen molar-refractivity contribution in [3.05, 3.63) is 88.5 Å². The number of nitrogens with zero attached hydrogens (tertiary/aromatic N) is 4. The van der Waals surface area contributed by atoms with Crippen molar-refractivity contribution in [2.75, 3.05) is 0 Å². The summed E-state index contributed by atoms with van der Waals surface area (Å²) in [6.07, 6.45) is 3.50. The molecular weight excluding hydrogens is 419 g/mol. The Morgan fingerprint density at radius 3 is 2.70 bits per heavy atom. The number of thioether (sulfide) groups is 1. The van der Waals surface area contributed by atoms with E-state index in [9.17, 15) is 4.39 Å². The predicted octanol–water partition coefficient (Wildman–Crippen LogP) is 6.35. The molecule has 4 rings (SSSR count). The summed E-state index contributed by atoms with van der Waals surface area (Å²) >= 11 is 7.53. The van der Waals surface area contributed by atoms with E-state index in [1.165, 1.54) is 17.8 Å². The topological polar surface area (TPSA) is 43.1 Å². The molecule has 30 heavy (non-hydrogen) atoms. The Hall–Kier alpha value is -2.70. The van der Waals surface area contributed by atoms with E-state index in [1.807, 2.05) is 30.5 Å². The Balaban J connectivity index is 1.65. The lowest BCUT2D eigenvalue weighted by molar-refractivity contribution is 0.617. The molecule has 1 heterocycles. The lowest BCUT2D eigenvalue weighted by atomic mass is 10.1. The van der Waals surface area contributed by atoms with Crippen LogP contribution in [0.3, 0.4) is 0 Å². The molecule has 0 unspecified atom stereocenters. The van der Waals surface area contributed by atoms with Crippen molar-refractivity contribution in [1.82, 2.24) is 14.9 Å². The third-order valence-electron chi connectivity index (χ3n) is 4.69. The van der Waals surface area contributed by atoms with Gasteiger partial charge >= 0.3 is 0 Å². The first-order chi connectivity index (χ1) is 14.7. The number of rotatable bonds is 7. The van der Waals surface area contributed by atoms with Crippen molar-refractivity contribution in [1.29, 1.82) is 0 Å². The molecule has 0 N–H and O–H groups in total. The second-order valence-corrected chi connectivity index (χ2v) is 8.11. The summed E-state index contributed by atoms with van der Waals surface area (Å²) in [7, 11) is 0. The third-order valence-corrected chi connectivity index (χ3v) is 5.99. The number of hydrogen-bond donors (Lipinski definition) is 0. The molecule has 0 atom stereocenters. The normalized spacial score (nSPS) is 11.6. The van der Waals surface area contributed by atoms with E-state index in [1.54, 1.807) is 16.8 Å². The zero-order chi connectivity index (χ0) is 20.9. The molecule has 0 radical (unpaired) electrons. The SMILES string of the molecule is CCCc1nnc(SCc2c(F)cccc2Cl)n1/N=C/c1cccc2ccccc12. The number of benzene rings is 3. The van der Waals surface area contributed by atoms with Crippen LogP contribution in [-0.2, 0) is 12.2 Å². The van der Waals surface area contributed by atoms with Crippen LogP contribution in [0.1, 0.15) is 30.3 Å². The van der Waals surface area contributed by atoms with Crippen LogP contribution in [0.5, 0.6) is 0 Å². The van der Waals surface area contributed by atoms with Gasteiger partial charge in [-0.1, -0.05) is 78.8 Å². The minimum atomic E-state index is -0.325. The van der Waals surface area contributed by atoms with Crippen LogP contribution in [0.15, 0.2) is 70.9 Å². The zero-order valence-electron chi connectivity index (χ0n) is 16.4. The first kappa shape index (κ1) is 20.6. The smallest absolute Gasteiger partial charge is 0.207 e. The predicted molar refractivity (Wildman–Crippen MR) is 122 cm³/mol. The van der Waals surface area contributed by atoms with Crippen molar-refractivity contribution in [3.63, 3.8) is 0 Å². The highest BCUT2D eigenvalue weighted by Crippen LogP contribution is 2.28. The number of aryl methyl sites for hydroxylation is 1. The molecule has 0 bridgehead atoms. The lowest BCUT2D eigenvalue weighted by Crippen LogP contribution is -2.01. The van der Waals surface area contributed by atoms with Crippen LogP contribution in [0.4, 0.5) is 4.39 Å². The molecular formula is C23H20ClFN4S. The number of aromatic nitrogens is 3. The molecule has 0 aliphatic heterocycles. The van der Waals surface area contributed by atoms with E-state index in [4.69, 9.17) is 11.6 Å². The summed E-state index contributed by atoms with van der Waals surface area (Å²) in [6, 6.07) is 19.0. The summed E-state index contributed by atoms with van der Waals surface area (Å²) in [5.74, 6) is 0.796. The number of fused-ring (bicyclic) bond motifs is 1. The van der Waals surface area contributed by atoms with E-state index < -0.39 is 0 Å². The summed E-state index contributed by atoms with van der Waals surface area (Å²) in [6.45, 7) is 2.08. The van der Waals surface area contributed by atoms with Crippen molar-refractivity contribution in [2.24, 2.45) is 5.10 Å². The van der Waals surface area contributed by atoms with Gasteiger partial charge < -0.3 is 0 Å². The van der Waals surface area contributed by atoms with E-state index in [0.29, 0.717) is 21.5 Å². The van der Waals surface area contributed by atoms with E-state index in [2.05, 4.69) is 40.4 Å². The minimum absolute atomic E-state index is 0.325. The molecule has 7 heteroatoms. The Morgan fingerprint density at radius 1 is 1.07 bits per heavy atom. The molecule has 4 nitrogen and oxygen atoms in total. The second kappa shape index (κ2) is 9.41. The molecule has 3 aromatic carbocycles. The first-order valence-corrected chi connectivity index (χ1v) is 11.1. The Bertz CT molecular complexity index is 1180. The minimum Gasteiger partial charge on any atom is -0.207 e. The zero-order valence-corrected chi connectivity index (χ0v) is 18.0. The molecule has 1 aromatic heterocycles. The monoisotopic (exact) mass is 438 g/mol. The summed E-state index contributed by atoms with van der Waals surface area (Å²) in [5.41, 5.74) is 1.46. The van der Waals surface area contributed by atoms with Gasteiger partial charge in [-0.15, -0.1) is 10.2 Å². The fourth-order valence-electron chi connectivity index (χ4n) is 3.17. The van der Waals surface area contributed by atoms with Crippen molar-refractivity contribution in [2.45, 2.75) is 30.7 Å². The average molecular weight is 439 g/mol. The third kappa shape index (κ3) is 4.40. The first-order valence-electron chi connectivity index (χ1n) is 9.69. The van der Waals surface area contributed by atoms with Gasteiger partial charge in [0.25, 0.3) is 0 Å². The highest BCUT2D eigenvalue weighted by atomic mass is 35.5. The highest BCUT2D eigenvalue weighted by molar-refractivity contribution is 7.98. The van der Waals surface area contributed by atoms with Crippen molar-refractivity contribution in [3.8, 4) is 0 Å². The maximum absolute atomic E-state index is 14.1. The van der Waals surface area contributed by atoms with Crippen LogP contribution in [0.2, 0.25) is 5.02 Å². The van der Waals surface area contributed by atoms with Crippen molar-refractivity contribution < 1.29 is 4.39 Å². The molecule has 0 aliphatic rings. The Morgan fingerprint density at radius 2 is 1.87 bits per heavy atom. The number of hydrogen-bond acceptors (Lipinski definition) is 4. The second-order valence-electron chi connectivity index (χ2n) is 6.76. The van der Waals surface area contributed by atoms with Crippen LogP contribution >= 0.6 is 23.4 Å². The standard InChI is InChI=1S/C23H20ClFN4S/c1-2-7-22-27-28-23(30-15-19-20(24)12-6-13-21(19)25)29(22)26-14-17-10-5-9-16-8-3-4-11-18(16)17/h3-6,8-14H,2,7,15H2,1H3/b26-14+. The van der Waals surface area contributed by atoms with Crippen LogP contribution < -0.4 is 0 Å². The van der Waals surface area contributed by atoms with Gasteiger partial charge in [0, 0.05) is 28.3 Å². The van der Waals surface area contributed by atoms with Gasteiger partial charge in [0.2, 0.25) is 5.16 Å². The van der Waals surface area contributed by atoms with Gasteiger partial charge in [-0.05, 0) is 29.3 Å². The van der Waals surface area contributed by atoms with Crippen LogP contribution in [-0.4, -0.2) is 21.1 Å². The maximum atomic E-state index is 14.1. The molecule has 0 fully saturated rings. The van der Waals surface area contributed by atoms with Gasteiger partial charge in [0.1, 0.15) is 5.82 Å². The lowest BCUT2D eigenvalue weighted by Gasteiger charge is -2.07. The Kier molecular flexibility index (Phi) is 6.45. The summed E-state index contributed by atoms with van der Waals surface area (Å²) in [5, 5.41) is 16.5. The molecule has 152 valence electrons. The van der Waals surface area contributed by atoms with Gasteiger partial charge in [-0.2, -0.15) is 9.78 Å². The van der Waals surface area contributed by atoms with Crippen LogP contribution in [0, 0.1) is 5.82 Å². The van der Waals surface area contributed by atoms with Gasteiger partial charge in [0.15, 0.2) is 5.82 Å². The van der Waals surface area contributed by atoms with Crippen LogP contribution in [0.25, 0.3) is 10.8 Å². The van der Waals surface area contributed by atoms with Gasteiger partial charge in [-0.25, -0.2) is 4.39 Å². The Labute approximate surface area is 183 Å². The van der Waals surface area contributed by atoms with Gasteiger partial charge in [0.05, 0.1) is 6.21 Å². The number of halogens is 2. The fraction of sp³-hybridized carbons (Fsp3) is 0.174. The quantitative estimate of drug-likeness (QED) is 0.249. The van der Waals surface area contributed by atoms with E-state index in [0.717, 1.165) is 35.0 Å². The summed E-state index contributed by atoms with van der Waals surface area (Å²) < 4.78 is 15.9. The molecule has 4 aromatic rings.